The fourth-order valence-corrected chi connectivity index (χ4v) is 4.49. The second-order valence-corrected chi connectivity index (χ2v) is 7.90. The maximum absolute atomic E-state index is 10.4. The Balaban J connectivity index is 1.24. The number of hydrogen-bond donors (Lipinski definition) is 3. The zero-order valence-electron chi connectivity index (χ0n) is 15.5. The number of morpholine rings is 1. The topological polar surface area (TPSA) is 78.3 Å². The van der Waals surface area contributed by atoms with Gasteiger partial charge in [0.1, 0.15) is 0 Å². The number of benzene rings is 1. The van der Waals surface area contributed by atoms with E-state index in [1.54, 1.807) is 6.21 Å². The van der Waals surface area contributed by atoms with E-state index in [1.807, 2.05) is 0 Å². The van der Waals surface area contributed by atoms with Gasteiger partial charge in [-0.05, 0) is 30.4 Å². The smallest absolute Gasteiger partial charge is 0.226 e. The Labute approximate surface area is 164 Å². The second-order valence-electron chi connectivity index (χ2n) is 7.31. The fourth-order valence-electron chi connectivity index (χ4n) is 3.87. The second kappa shape index (κ2) is 9.00. The van der Waals surface area contributed by atoms with Gasteiger partial charge in [-0.25, -0.2) is 4.40 Å². The molecule has 27 heavy (non-hydrogen) atoms. The molecule has 3 aliphatic rings. The maximum atomic E-state index is 10.4. The zero-order chi connectivity index (χ0) is 18.5. The molecule has 1 aromatic carbocycles. The molecule has 148 valence electrons. The lowest BCUT2D eigenvalue weighted by Crippen LogP contribution is -2.62. The van der Waals surface area contributed by atoms with Gasteiger partial charge in [-0.1, -0.05) is 24.3 Å². The van der Waals surface area contributed by atoms with Crippen molar-refractivity contribution in [2.75, 3.05) is 39.5 Å². The standard InChI is InChI=1S/C19H28N4O3S/c24-18(12-20-17-6-5-15-3-1-2-4-16(15)11-17)13-26-19(14-21-27-22-19)23-7-9-25-10-8-23/h1-4,14,17-18,20,22,24H,5-13H2. The van der Waals surface area contributed by atoms with E-state index < -0.39 is 12.0 Å². The zero-order valence-corrected chi connectivity index (χ0v) is 16.3. The molecule has 1 fully saturated rings. The van der Waals surface area contributed by atoms with Crippen molar-refractivity contribution >= 4 is 18.3 Å². The molecule has 2 heterocycles. The predicted octanol–water partition coefficient (Wildman–Crippen LogP) is 0.734. The molecule has 8 heteroatoms. The largest absolute Gasteiger partial charge is 0.389 e. The molecule has 0 radical (unpaired) electrons. The Morgan fingerprint density at radius 2 is 2.19 bits per heavy atom. The average molecular weight is 393 g/mol. The summed E-state index contributed by atoms with van der Waals surface area (Å²) in [5.41, 5.74) is 2.87. The van der Waals surface area contributed by atoms with Crippen LogP contribution in [-0.2, 0) is 22.3 Å². The van der Waals surface area contributed by atoms with Crippen molar-refractivity contribution in [2.45, 2.75) is 37.3 Å². The number of aliphatic hydroxyl groups excluding tert-OH is 1. The van der Waals surface area contributed by atoms with Crippen LogP contribution < -0.4 is 10.0 Å². The highest BCUT2D eigenvalue weighted by atomic mass is 32.2. The highest BCUT2D eigenvalue weighted by molar-refractivity contribution is 7.96. The summed E-state index contributed by atoms with van der Waals surface area (Å²) in [6.45, 7) is 3.67. The van der Waals surface area contributed by atoms with Gasteiger partial charge in [0.25, 0.3) is 0 Å². The molecular formula is C19H28N4O3S. The number of nitrogens with one attached hydrogen (secondary N) is 2. The minimum Gasteiger partial charge on any atom is -0.389 e. The number of hydrogen-bond acceptors (Lipinski definition) is 8. The first-order valence-electron chi connectivity index (χ1n) is 9.68. The van der Waals surface area contributed by atoms with Gasteiger partial charge in [-0.15, -0.1) is 0 Å². The van der Waals surface area contributed by atoms with Gasteiger partial charge >= 0.3 is 0 Å². The van der Waals surface area contributed by atoms with Crippen LogP contribution in [0.25, 0.3) is 0 Å². The molecule has 0 spiro atoms. The number of nitrogens with zero attached hydrogens (tertiary/aromatic N) is 2. The van der Waals surface area contributed by atoms with E-state index in [-0.39, 0.29) is 6.61 Å². The van der Waals surface area contributed by atoms with E-state index in [0.29, 0.717) is 25.8 Å². The Morgan fingerprint density at radius 1 is 1.37 bits per heavy atom. The van der Waals surface area contributed by atoms with E-state index in [9.17, 15) is 5.11 Å². The van der Waals surface area contributed by atoms with Crippen LogP contribution in [-0.4, -0.2) is 73.7 Å². The molecular weight excluding hydrogens is 364 g/mol. The van der Waals surface area contributed by atoms with Crippen molar-refractivity contribution in [1.82, 2.24) is 14.9 Å². The van der Waals surface area contributed by atoms with Crippen LogP contribution in [0.1, 0.15) is 17.5 Å². The summed E-state index contributed by atoms with van der Waals surface area (Å²) in [5.74, 6) is -0.751. The highest BCUT2D eigenvalue weighted by Gasteiger charge is 2.40. The lowest BCUT2D eigenvalue weighted by molar-refractivity contribution is -0.150. The minimum atomic E-state index is -0.751. The first kappa shape index (κ1) is 19.3. The molecule has 2 aliphatic heterocycles. The summed E-state index contributed by atoms with van der Waals surface area (Å²) < 4.78 is 18.9. The summed E-state index contributed by atoms with van der Waals surface area (Å²) in [7, 11) is 0. The lowest BCUT2D eigenvalue weighted by atomic mass is 9.88. The molecule has 0 amide bonds. The van der Waals surface area contributed by atoms with Crippen molar-refractivity contribution in [3.8, 4) is 0 Å². The molecule has 1 aliphatic carbocycles. The molecule has 1 aromatic rings. The Kier molecular flexibility index (Phi) is 6.44. The quantitative estimate of drug-likeness (QED) is 0.591. The van der Waals surface area contributed by atoms with E-state index >= 15 is 0 Å². The third-order valence-corrected chi connectivity index (χ3v) is 6.03. The van der Waals surface area contributed by atoms with E-state index in [4.69, 9.17) is 9.47 Å². The van der Waals surface area contributed by atoms with Gasteiger partial charge in [0.15, 0.2) is 0 Å². The fraction of sp³-hybridized carbons (Fsp3) is 0.632. The molecule has 4 rings (SSSR count). The molecule has 3 atom stereocenters. The maximum Gasteiger partial charge on any atom is 0.226 e. The van der Waals surface area contributed by atoms with Crippen molar-refractivity contribution in [2.24, 2.45) is 4.40 Å². The van der Waals surface area contributed by atoms with Crippen LogP contribution in [0, 0.1) is 0 Å². The number of fused-ring (bicyclic) bond motifs is 1. The number of rotatable bonds is 7. The van der Waals surface area contributed by atoms with E-state index in [2.05, 4.69) is 43.6 Å². The molecule has 3 N–H and O–H groups in total. The van der Waals surface area contributed by atoms with E-state index in [1.165, 1.54) is 23.3 Å². The van der Waals surface area contributed by atoms with Crippen LogP contribution in [0.15, 0.2) is 28.7 Å². The van der Waals surface area contributed by atoms with Crippen molar-refractivity contribution in [3.63, 3.8) is 0 Å². The van der Waals surface area contributed by atoms with Crippen molar-refractivity contribution in [3.05, 3.63) is 35.4 Å². The normalized spacial score (nSPS) is 29.6. The third-order valence-electron chi connectivity index (χ3n) is 5.44. The number of aliphatic hydroxyl groups is 1. The summed E-state index contributed by atoms with van der Waals surface area (Å²) in [4.78, 5) is 2.16. The predicted molar refractivity (Wildman–Crippen MR) is 107 cm³/mol. The van der Waals surface area contributed by atoms with Crippen molar-refractivity contribution < 1.29 is 14.6 Å². The van der Waals surface area contributed by atoms with Gasteiger partial charge in [0.2, 0.25) is 5.85 Å². The summed E-state index contributed by atoms with van der Waals surface area (Å²) in [6, 6.07) is 9.04. The number of ether oxygens (including phenoxy) is 2. The summed E-state index contributed by atoms with van der Waals surface area (Å²) in [5, 5.41) is 13.9. The summed E-state index contributed by atoms with van der Waals surface area (Å²) in [6.07, 6.45) is 4.43. The van der Waals surface area contributed by atoms with Gasteiger partial charge in [-0.3, -0.25) is 4.90 Å². The Hall–Kier alpha value is -1.00. The van der Waals surface area contributed by atoms with Crippen LogP contribution in [0.5, 0.6) is 0 Å². The summed E-state index contributed by atoms with van der Waals surface area (Å²) >= 11 is 1.27. The molecule has 0 bridgehead atoms. The first-order valence-corrected chi connectivity index (χ1v) is 10.5. The van der Waals surface area contributed by atoms with Gasteiger partial charge < -0.3 is 19.9 Å². The van der Waals surface area contributed by atoms with Gasteiger partial charge in [0.05, 0.1) is 44.3 Å². The lowest BCUT2D eigenvalue weighted by Gasteiger charge is -2.40. The molecule has 3 unspecified atom stereocenters. The third kappa shape index (κ3) is 4.71. The Bertz CT molecular complexity index is 656. The SMILES string of the molecule is OC(CNC1CCc2ccccc2C1)COC1(N2CCOCC2)C=NSN1. The highest BCUT2D eigenvalue weighted by Crippen LogP contribution is 2.24. The van der Waals surface area contributed by atoms with E-state index in [0.717, 1.165) is 32.4 Å². The molecule has 0 saturated carbocycles. The monoisotopic (exact) mass is 392 g/mol. The van der Waals surface area contributed by atoms with Crippen LogP contribution in [0.3, 0.4) is 0 Å². The molecule has 7 nitrogen and oxygen atoms in total. The molecule has 1 saturated heterocycles. The van der Waals surface area contributed by atoms with Crippen LogP contribution in [0.2, 0.25) is 0 Å². The van der Waals surface area contributed by atoms with Crippen molar-refractivity contribution in [1.29, 1.82) is 0 Å². The first-order chi connectivity index (χ1) is 13.3. The van der Waals surface area contributed by atoms with Crippen LogP contribution in [0.4, 0.5) is 0 Å². The average Bonchev–Trinajstić information content (AvgIpc) is 3.21. The van der Waals surface area contributed by atoms with Gasteiger partial charge in [-0.2, -0.15) is 4.72 Å². The van der Waals surface area contributed by atoms with Crippen LogP contribution >= 0.6 is 12.1 Å². The number of aryl methyl sites for hydroxylation is 1. The van der Waals surface area contributed by atoms with Gasteiger partial charge in [0, 0.05) is 25.7 Å². The Morgan fingerprint density at radius 3 is 2.96 bits per heavy atom. The molecule has 0 aromatic heterocycles. The minimum absolute atomic E-state index is 0.243.